The predicted molar refractivity (Wildman–Crippen MR) is 84.2 cm³/mol. The molecule has 114 valence electrons. The van der Waals surface area contributed by atoms with E-state index in [0.29, 0.717) is 31.6 Å². The Balaban J connectivity index is 2.98. The number of allylic oxidation sites excluding steroid dienone is 1. The first-order valence-corrected chi connectivity index (χ1v) is 6.86. The molecular weight excluding hydrogens is 268 g/mol. The molecule has 0 aliphatic heterocycles. The van der Waals surface area contributed by atoms with Crippen molar-refractivity contribution in [3.63, 3.8) is 0 Å². The zero-order chi connectivity index (χ0) is 15.7. The highest BCUT2D eigenvalue weighted by Crippen LogP contribution is 2.23. The van der Waals surface area contributed by atoms with Gasteiger partial charge in [0.05, 0.1) is 7.11 Å². The standard InChI is InChI=1S/C16H22N2O3/c1-3-6-12-7-4-8-13(15(12)21-2)11-18-14(16(19)20)9-5-10-17/h3-4,7-8,11,14H,1,5-6,9-10,17H2,2H3,(H,19,20)/t14-/m0/s1. The minimum absolute atomic E-state index is 0.428. The second-order valence-corrected chi connectivity index (χ2v) is 4.60. The average Bonchev–Trinajstić information content (AvgIpc) is 2.47. The molecule has 21 heavy (non-hydrogen) atoms. The summed E-state index contributed by atoms with van der Waals surface area (Å²) >= 11 is 0. The molecule has 0 aliphatic carbocycles. The summed E-state index contributed by atoms with van der Waals surface area (Å²) in [5.41, 5.74) is 7.16. The number of carbonyl (C=O) groups is 1. The van der Waals surface area contributed by atoms with Crippen molar-refractivity contribution in [2.45, 2.75) is 25.3 Å². The molecule has 0 saturated carbocycles. The number of nitrogens with zero attached hydrogens (tertiary/aromatic N) is 1. The van der Waals surface area contributed by atoms with E-state index >= 15 is 0 Å². The van der Waals surface area contributed by atoms with E-state index in [9.17, 15) is 4.79 Å². The van der Waals surface area contributed by atoms with Crippen molar-refractivity contribution < 1.29 is 14.6 Å². The summed E-state index contributed by atoms with van der Waals surface area (Å²) in [4.78, 5) is 15.3. The van der Waals surface area contributed by atoms with E-state index in [1.165, 1.54) is 0 Å². The number of ether oxygens (including phenoxy) is 1. The van der Waals surface area contributed by atoms with Gasteiger partial charge in [0, 0.05) is 11.8 Å². The van der Waals surface area contributed by atoms with E-state index in [4.69, 9.17) is 15.6 Å². The summed E-state index contributed by atoms with van der Waals surface area (Å²) in [6, 6.07) is 4.90. The van der Waals surface area contributed by atoms with Gasteiger partial charge in [-0.1, -0.05) is 18.2 Å². The lowest BCUT2D eigenvalue weighted by atomic mass is 10.1. The first-order valence-electron chi connectivity index (χ1n) is 6.86. The number of carboxylic acids is 1. The van der Waals surface area contributed by atoms with Crippen molar-refractivity contribution in [1.82, 2.24) is 0 Å². The molecule has 5 nitrogen and oxygen atoms in total. The van der Waals surface area contributed by atoms with Crippen LogP contribution in [-0.2, 0) is 11.2 Å². The molecule has 1 atom stereocenters. The third-order valence-electron chi connectivity index (χ3n) is 3.06. The van der Waals surface area contributed by atoms with Gasteiger partial charge >= 0.3 is 5.97 Å². The Bertz CT molecular complexity index is 512. The van der Waals surface area contributed by atoms with Gasteiger partial charge in [-0.25, -0.2) is 4.79 Å². The number of aliphatic carboxylic acids is 1. The Kier molecular flexibility index (Phi) is 7.18. The van der Waals surface area contributed by atoms with E-state index in [2.05, 4.69) is 11.6 Å². The molecule has 0 fully saturated rings. The molecule has 5 heteroatoms. The van der Waals surface area contributed by atoms with E-state index in [1.807, 2.05) is 18.2 Å². The maximum atomic E-state index is 11.2. The first-order chi connectivity index (χ1) is 10.1. The summed E-state index contributed by atoms with van der Waals surface area (Å²) in [5, 5.41) is 9.14. The van der Waals surface area contributed by atoms with Crippen molar-refractivity contribution in [3.05, 3.63) is 42.0 Å². The molecule has 0 heterocycles. The van der Waals surface area contributed by atoms with Crippen molar-refractivity contribution >= 4 is 12.2 Å². The molecular formula is C16H22N2O3. The topological polar surface area (TPSA) is 84.9 Å². The van der Waals surface area contributed by atoms with Crippen molar-refractivity contribution in [3.8, 4) is 5.75 Å². The van der Waals surface area contributed by atoms with Gasteiger partial charge in [-0.2, -0.15) is 0 Å². The highest BCUT2D eigenvalue weighted by molar-refractivity contribution is 5.86. The summed E-state index contributed by atoms with van der Waals surface area (Å²) in [7, 11) is 1.59. The van der Waals surface area contributed by atoms with Gasteiger partial charge in [-0.15, -0.1) is 6.58 Å². The van der Waals surface area contributed by atoms with Gasteiger partial charge in [0.1, 0.15) is 11.8 Å². The van der Waals surface area contributed by atoms with Crippen LogP contribution in [0, 0.1) is 0 Å². The number of benzene rings is 1. The zero-order valence-corrected chi connectivity index (χ0v) is 12.3. The van der Waals surface area contributed by atoms with Crippen LogP contribution >= 0.6 is 0 Å². The number of methoxy groups -OCH3 is 1. The first kappa shape index (κ1) is 16.9. The molecule has 0 unspecified atom stereocenters. The number of nitrogens with two attached hydrogens (primary N) is 1. The van der Waals surface area contributed by atoms with Gasteiger partial charge in [0.25, 0.3) is 0 Å². The molecule has 0 aromatic heterocycles. The molecule has 3 N–H and O–H groups in total. The van der Waals surface area contributed by atoms with E-state index in [1.54, 1.807) is 19.4 Å². The number of hydrogen-bond donors (Lipinski definition) is 2. The zero-order valence-electron chi connectivity index (χ0n) is 12.3. The van der Waals surface area contributed by atoms with Crippen LogP contribution in [0.1, 0.15) is 24.0 Å². The lowest BCUT2D eigenvalue weighted by molar-refractivity contribution is -0.138. The monoisotopic (exact) mass is 290 g/mol. The number of rotatable bonds is 9. The van der Waals surface area contributed by atoms with Gasteiger partial charge in [0.15, 0.2) is 0 Å². The third kappa shape index (κ3) is 5.04. The molecule has 0 amide bonds. The summed E-state index contributed by atoms with van der Waals surface area (Å²) in [6.45, 7) is 4.17. The smallest absolute Gasteiger partial charge is 0.328 e. The fourth-order valence-electron chi connectivity index (χ4n) is 2.01. The van der Waals surface area contributed by atoms with Crippen molar-refractivity contribution in [2.24, 2.45) is 10.7 Å². The van der Waals surface area contributed by atoms with Crippen LogP contribution in [0.15, 0.2) is 35.8 Å². The van der Waals surface area contributed by atoms with Gasteiger partial charge in [0.2, 0.25) is 0 Å². The van der Waals surface area contributed by atoms with Crippen LogP contribution in [0.3, 0.4) is 0 Å². The fraction of sp³-hybridized carbons (Fsp3) is 0.375. The Labute approximate surface area is 125 Å². The normalized spacial score (nSPS) is 12.3. The number of hydrogen-bond acceptors (Lipinski definition) is 4. The van der Waals surface area contributed by atoms with E-state index < -0.39 is 12.0 Å². The Hall–Kier alpha value is -2.14. The number of carboxylic acid groups (broad SMARTS) is 1. The fourth-order valence-corrected chi connectivity index (χ4v) is 2.01. The van der Waals surface area contributed by atoms with Crippen LogP contribution in [0.4, 0.5) is 0 Å². The number of aliphatic imine (C=N–C) groups is 1. The average molecular weight is 290 g/mol. The Morgan fingerprint density at radius 3 is 2.90 bits per heavy atom. The molecule has 0 bridgehead atoms. The van der Waals surface area contributed by atoms with Crippen LogP contribution in [0.5, 0.6) is 5.75 Å². The summed E-state index contributed by atoms with van der Waals surface area (Å²) < 4.78 is 5.40. The quantitative estimate of drug-likeness (QED) is 0.538. The van der Waals surface area contributed by atoms with Crippen LogP contribution in [-0.4, -0.2) is 37.0 Å². The van der Waals surface area contributed by atoms with Crippen LogP contribution in [0.25, 0.3) is 0 Å². The van der Waals surface area contributed by atoms with Crippen molar-refractivity contribution in [1.29, 1.82) is 0 Å². The molecule has 0 radical (unpaired) electrons. The van der Waals surface area contributed by atoms with E-state index in [-0.39, 0.29) is 0 Å². The summed E-state index contributed by atoms with van der Waals surface area (Å²) in [5.74, 6) is -0.245. The Morgan fingerprint density at radius 2 is 2.33 bits per heavy atom. The third-order valence-corrected chi connectivity index (χ3v) is 3.06. The summed E-state index contributed by atoms with van der Waals surface area (Å²) in [6.07, 6.45) is 5.08. The minimum Gasteiger partial charge on any atom is -0.496 e. The lowest BCUT2D eigenvalue weighted by Gasteiger charge is -2.11. The highest BCUT2D eigenvalue weighted by atomic mass is 16.5. The minimum atomic E-state index is -0.944. The second-order valence-electron chi connectivity index (χ2n) is 4.60. The molecule has 0 spiro atoms. The van der Waals surface area contributed by atoms with Gasteiger partial charge < -0.3 is 15.6 Å². The van der Waals surface area contributed by atoms with Crippen LogP contribution in [0.2, 0.25) is 0 Å². The van der Waals surface area contributed by atoms with Crippen LogP contribution < -0.4 is 10.5 Å². The highest BCUT2D eigenvalue weighted by Gasteiger charge is 2.15. The molecule has 1 rings (SSSR count). The molecule has 0 saturated heterocycles. The molecule has 1 aromatic carbocycles. The predicted octanol–water partition coefficient (Wildman–Crippen LogP) is 2.03. The number of para-hydroxylation sites is 1. The maximum absolute atomic E-state index is 11.2. The van der Waals surface area contributed by atoms with Gasteiger partial charge in [-0.3, -0.25) is 4.99 Å². The lowest BCUT2D eigenvalue weighted by Crippen LogP contribution is -2.19. The largest absolute Gasteiger partial charge is 0.496 e. The maximum Gasteiger partial charge on any atom is 0.328 e. The second kappa shape index (κ2) is 8.92. The molecule has 0 aliphatic rings. The van der Waals surface area contributed by atoms with E-state index in [0.717, 1.165) is 11.1 Å². The molecule has 1 aromatic rings. The SMILES string of the molecule is C=CCc1cccc(C=N[C@@H](CCCN)C(=O)O)c1OC. The Morgan fingerprint density at radius 1 is 1.57 bits per heavy atom. The van der Waals surface area contributed by atoms with Crippen molar-refractivity contribution in [2.75, 3.05) is 13.7 Å². The van der Waals surface area contributed by atoms with Gasteiger partial charge in [-0.05, 0) is 37.4 Å².